The first kappa shape index (κ1) is 64.4. The number of methoxy groups -OCH3 is 2. The Morgan fingerprint density at radius 1 is 0.616 bits per heavy atom. The van der Waals surface area contributed by atoms with Crippen molar-refractivity contribution in [2.45, 2.75) is 118 Å². The fourth-order valence-electron chi connectivity index (χ4n) is 6.95. The third-order valence-corrected chi connectivity index (χ3v) is 10.5. The minimum absolute atomic E-state index is 0. The van der Waals surface area contributed by atoms with Gasteiger partial charge in [-0.2, -0.15) is 4.98 Å². The lowest BCUT2D eigenvalue weighted by atomic mass is 9.90. The van der Waals surface area contributed by atoms with Gasteiger partial charge in [-0.3, -0.25) is 0 Å². The number of hydrogen-bond acceptors (Lipinski definition) is 16. The lowest BCUT2D eigenvalue weighted by Gasteiger charge is -2.21. The van der Waals surface area contributed by atoms with Gasteiger partial charge in [-0.25, -0.2) is 24.9 Å². The molecule has 16 nitrogen and oxygen atoms in total. The number of nitrogens with zero attached hydrogens (tertiary/aromatic N) is 8. The summed E-state index contributed by atoms with van der Waals surface area (Å²) in [7, 11) is 3.30. The van der Waals surface area contributed by atoms with Crippen molar-refractivity contribution >= 4 is 70.4 Å². The highest BCUT2D eigenvalue weighted by Crippen LogP contribution is 2.32. The standard InChI is InChI=1S/C22H33N5O2.C14H22N2O2.C9H13ClN2.C4H2Cl2N2.C4H11N.ClH/c1-22(2,3)26-20-10-11-23-21(25-20)24-17-8-9-18(28-4)19(16-17)29-15-7-14-27-12-5-6-13-27;1-17-13-6-5-12(15)11-14(13)18-10-4-9-16-7-2-3-8-16;1-9(2,3)6-7-4-5-11-8(10)12-7;5-3-1-2-7-4(6)8-3;1-4(2,3)5;/h8-11,16H,5-7,12-15H2,1-4H3,(H2,23,24,25,26);5-6,11H,2-4,7-10,15H2,1H3;4-5H,6H2,1-3H3;1-2H;5H2,1-3H3;1H. The molecule has 5 aromatic rings. The number of hydrogen-bond donors (Lipinski definition) is 4. The monoisotopic (exact) mass is 1090 g/mol. The average molecular weight is 1090 g/mol. The van der Waals surface area contributed by atoms with Crippen LogP contribution in [0.25, 0.3) is 0 Å². The fraction of sp³-hybridized carbons (Fsp3) is 0.547. The maximum atomic E-state index is 6.01. The van der Waals surface area contributed by atoms with E-state index in [0.29, 0.717) is 35.3 Å². The first-order valence-electron chi connectivity index (χ1n) is 24.6. The zero-order valence-electron chi connectivity index (χ0n) is 44.9. The molecule has 406 valence electrons. The Labute approximate surface area is 456 Å². The summed E-state index contributed by atoms with van der Waals surface area (Å²) in [5, 5.41) is 7.48. The van der Waals surface area contributed by atoms with E-state index in [2.05, 4.69) is 91.9 Å². The van der Waals surface area contributed by atoms with Gasteiger partial charge in [0.05, 0.1) is 27.4 Å². The molecule has 0 aliphatic carbocycles. The second-order valence-electron chi connectivity index (χ2n) is 20.6. The summed E-state index contributed by atoms with van der Waals surface area (Å²) in [5.74, 6) is 4.24. The van der Waals surface area contributed by atoms with Gasteiger partial charge in [0.15, 0.2) is 23.0 Å². The molecule has 0 amide bonds. The number of halogens is 4. The first-order valence-corrected chi connectivity index (χ1v) is 25.7. The van der Waals surface area contributed by atoms with E-state index in [4.69, 9.17) is 65.2 Å². The summed E-state index contributed by atoms with van der Waals surface area (Å²) in [6, 6.07) is 16.6. The molecule has 73 heavy (non-hydrogen) atoms. The van der Waals surface area contributed by atoms with E-state index in [1.807, 2.05) is 69.3 Å². The van der Waals surface area contributed by atoms with E-state index >= 15 is 0 Å². The molecule has 7 rings (SSSR count). The summed E-state index contributed by atoms with van der Waals surface area (Å²) in [5.41, 5.74) is 13.8. The summed E-state index contributed by atoms with van der Waals surface area (Å²) in [6.45, 7) is 27.2. The Morgan fingerprint density at radius 3 is 1.58 bits per heavy atom. The Balaban J connectivity index is 0.000000352. The topological polar surface area (TPSA) is 197 Å². The summed E-state index contributed by atoms with van der Waals surface area (Å²) >= 11 is 16.4. The largest absolute Gasteiger partial charge is 0.493 e. The van der Waals surface area contributed by atoms with Crippen LogP contribution < -0.4 is 41.0 Å². The van der Waals surface area contributed by atoms with E-state index in [1.165, 1.54) is 58.1 Å². The molecule has 20 heteroatoms. The predicted octanol–water partition coefficient (Wildman–Crippen LogP) is 12.1. The van der Waals surface area contributed by atoms with Crippen LogP contribution in [-0.2, 0) is 6.42 Å². The van der Waals surface area contributed by atoms with E-state index < -0.39 is 0 Å². The SMILES string of the molecule is CC(C)(C)Cc1ccnc(Cl)n1.CC(C)(C)N.COc1ccc(N)cc1OCCCN1CCCC1.COc1ccc(Nc2nccc(NC(C)(C)C)n2)cc1OCCCN1CCCC1.Cl.Clc1ccnc(Cl)n1. The van der Waals surface area contributed by atoms with Crippen LogP contribution in [-0.4, -0.2) is 117 Å². The molecule has 0 atom stereocenters. The molecule has 2 aliphatic rings. The fourth-order valence-corrected chi connectivity index (χ4v) is 7.45. The highest BCUT2D eigenvalue weighted by molar-refractivity contribution is 6.31. The van der Waals surface area contributed by atoms with Crippen molar-refractivity contribution in [3.05, 3.63) is 94.6 Å². The Morgan fingerprint density at radius 2 is 1.11 bits per heavy atom. The second-order valence-corrected chi connectivity index (χ2v) is 21.7. The lowest BCUT2D eigenvalue weighted by molar-refractivity contribution is 0.254. The number of benzene rings is 2. The van der Waals surface area contributed by atoms with Gasteiger partial charge in [0.2, 0.25) is 16.5 Å². The average Bonchev–Trinajstić information content (AvgIpc) is 4.02. The summed E-state index contributed by atoms with van der Waals surface area (Å²) in [6.07, 6.45) is 13.2. The van der Waals surface area contributed by atoms with Crippen LogP contribution in [0.15, 0.2) is 73.2 Å². The highest BCUT2D eigenvalue weighted by atomic mass is 35.5. The van der Waals surface area contributed by atoms with Gasteiger partial charge in [-0.1, -0.05) is 32.4 Å². The quantitative estimate of drug-likeness (QED) is 0.0315. The number of anilines is 4. The number of rotatable bonds is 16. The molecule has 2 saturated heterocycles. The van der Waals surface area contributed by atoms with Gasteiger partial charge in [-0.05, 0) is 184 Å². The van der Waals surface area contributed by atoms with Crippen LogP contribution >= 0.6 is 47.2 Å². The van der Waals surface area contributed by atoms with E-state index in [-0.39, 0.29) is 34.2 Å². The number of nitrogen functional groups attached to an aromatic ring is 1. The van der Waals surface area contributed by atoms with E-state index in [0.717, 1.165) is 72.5 Å². The zero-order valence-corrected chi connectivity index (χ0v) is 48.0. The minimum atomic E-state index is -0.0676. The van der Waals surface area contributed by atoms with Crippen molar-refractivity contribution < 1.29 is 18.9 Å². The molecule has 0 bridgehead atoms. The molecular weight excluding hydrogens is 1010 g/mol. The van der Waals surface area contributed by atoms with Gasteiger partial charge in [0, 0.05) is 72.0 Å². The number of aromatic nitrogens is 6. The molecule has 6 N–H and O–H groups in total. The third kappa shape index (κ3) is 30.3. The van der Waals surface area contributed by atoms with E-state index in [9.17, 15) is 0 Å². The molecule has 2 aliphatic heterocycles. The Hall–Kier alpha value is -4.68. The maximum absolute atomic E-state index is 6.01. The molecule has 0 unspecified atom stereocenters. The van der Waals surface area contributed by atoms with Crippen LogP contribution in [0.1, 0.15) is 107 Å². The molecule has 5 heterocycles. The highest BCUT2D eigenvalue weighted by Gasteiger charge is 2.15. The predicted molar refractivity (Wildman–Crippen MR) is 304 cm³/mol. The van der Waals surface area contributed by atoms with Crippen molar-refractivity contribution in [1.82, 2.24) is 39.7 Å². The molecule has 2 fully saturated rings. The lowest BCUT2D eigenvalue weighted by Crippen LogP contribution is -2.26. The first-order chi connectivity index (χ1) is 34.0. The minimum Gasteiger partial charge on any atom is -0.493 e. The van der Waals surface area contributed by atoms with Crippen molar-refractivity contribution in [2.75, 3.05) is 83.1 Å². The molecule has 0 spiro atoms. The van der Waals surface area contributed by atoms with E-state index in [1.54, 1.807) is 32.7 Å². The van der Waals surface area contributed by atoms with Crippen molar-refractivity contribution in [2.24, 2.45) is 11.1 Å². The molecule has 0 radical (unpaired) electrons. The van der Waals surface area contributed by atoms with Crippen molar-refractivity contribution in [1.29, 1.82) is 0 Å². The van der Waals surface area contributed by atoms with Gasteiger partial charge < -0.3 is 50.8 Å². The van der Waals surface area contributed by atoms with Crippen LogP contribution in [0.4, 0.5) is 23.1 Å². The normalized spacial score (nSPS) is 13.5. The number of nitrogens with one attached hydrogen (secondary N) is 2. The van der Waals surface area contributed by atoms with Crippen LogP contribution in [0.5, 0.6) is 23.0 Å². The van der Waals surface area contributed by atoms with Crippen LogP contribution in [0.3, 0.4) is 0 Å². The number of nitrogens with two attached hydrogens (primary N) is 2. The van der Waals surface area contributed by atoms with Crippen molar-refractivity contribution in [3.63, 3.8) is 0 Å². The van der Waals surface area contributed by atoms with Gasteiger partial charge in [0.25, 0.3) is 0 Å². The Kier molecular flexibility index (Phi) is 29.4. The van der Waals surface area contributed by atoms with Gasteiger partial charge in [-0.15, -0.1) is 12.4 Å². The molecule has 3 aromatic heterocycles. The summed E-state index contributed by atoms with van der Waals surface area (Å²) < 4.78 is 22.4. The molecular formula is C53H82Cl4N12O4. The molecule has 2 aromatic carbocycles. The van der Waals surface area contributed by atoms with Crippen molar-refractivity contribution in [3.8, 4) is 23.0 Å². The third-order valence-electron chi connectivity index (χ3n) is 9.90. The van der Waals surface area contributed by atoms with Crippen LogP contribution in [0, 0.1) is 5.41 Å². The summed E-state index contributed by atoms with van der Waals surface area (Å²) in [4.78, 5) is 29.0. The van der Waals surface area contributed by atoms with Crippen LogP contribution in [0.2, 0.25) is 15.7 Å². The second kappa shape index (κ2) is 33.3. The van der Waals surface area contributed by atoms with Gasteiger partial charge >= 0.3 is 0 Å². The number of ether oxygens (including phenoxy) is 4. The smallest absolute Gasteiger partial charge is 0.229 e. The Bertz CT molecular complexity index is 2280. The maximum Gasteiger partial charge on any atom is 0.229 e. The van der Waals surface area contributed by atoms with Gasteiger partial charge in [0.1, 0.15) is 11.0 Å². The molecule has 0 saturated carbocycles. The number of likely N-dealkylation sites (tertiary alicyclic amines) is 2. The zero-order chi connectivity index (χ0) is 53.2.